The number of rotatable bonds is 12. The van der Waals surface area contributed by atoms with E-state index in [1.807, 2.05) is 60.7 Å². The van der Waals surface area contributed by atoms with Crippen molar-refractivity contribution >= 4 is 17.8 Å². The lowest BCUT2D eigenvalue weighted by molar-refractivity contribution is -0.140. The number of nitrogens with one attached hydrogen (secondary N) is 1. The molecule has 3 aromatic carbocycles. The number of unbranched alkanes of at least 4 members (excludes halogenated alkanes) is 1. The van der Waals surface area contributed by atoms with E-state index in [0.717, 1.165) is 30.4 Å². The molecule has 6 heteroatoms. The number of carbonyl (C=O) groups excluding carboxylic acids is 3. The number of primary amides is 1. The molecule has 0 spiro atoms. The number of benzene rings is 3. The van der Waals surface area contributed by atoms with Crippen LogP contribution in [0, 0.1) is 0 Å². The lowest BCUT2D eigenvalue weighted by atomic mass is 10.0. The summed E-state index contributed by atoms with van der Waals surface area (Å²) in [7, 11) is 0. The summed E-state index contributed by atoms with van der Waals surface area (Å²) in [6, 6.07) is 26.1. The molecule has 0 aromatic heterocycles. The number of amides is 1. The maximum absolute atomic E-state index is 12.7. The van der Waals surface area contributed by atoms with Crippen LogP contribution in [0.15, 0.2) is 84.9 Å². The number of esters is 2. The summed E-state index contributed by atoms with van der Waals surface area (Å²) in [5, 5.41) is 3.11. The van der Waals surface area contributed by atoms with Gasteiger partial charge in [0.05, 0.1) is 5.56 Å². The fraction of sp³-hybridized carbons (Fsp3) is 0.250. The van der Waals surface area contributed by atoms with Gasteiger partial charge in [-0.25, -0.2) is 9.59 Å². The lowest BCUT2D eigenvalue weighted by Gasteiger charge is -2.16. The van der Waals surface area contributed by atoms with Gasteiger partial charge in [-0.1, -0.05) is 72.8 Å². The first-order valence-corrected chi connectivity index (χ1v) is 11.5. The number of aryl methyl sites for hydroxylation is 1. The average Bonchev–Trinajstić information content (AvgIpc) is 2.86. The third kappa shape index (κ3) is 7.98. The van der Waals surface area contributed by atoms with Gasteiger partial charge in [-0.2, -0.15) is 0 Å². The molecular formula is C28H30N2O4. The van der Waals surface area contributed by atoms with Crippen LogP contribution < -0.4 is 11.1 Å². The second-order valence-corrected chi connectivity index (χ2v) is 8.11. The Hall–Kier alpha value is -3.77. The van der Waals surface area contributed by atoms with Crippen molar-refractivity contribution in [3.8, 4) is 11.1 Å². The van der Waals surface area contributed by atoms with Gasteiger partial charge in [0.2, 0.25) is 5.91 Å². The van der Waals surface area contributed by atoms with Crippen molar-refractivity contribution in [2.75, 3.05) is 6.54 Å². The highest BCUT2D eigenvalue weighted by molar-refractivity contribution is 5.98. The Morgan fingerprint density at radius 1 is 0.794 bits per heavy atom. The van der Waals surface area contributed by atoms with Crippen molar-refractivity contribution in [2.24, 2.45) is 5.73 Å². The predicted molar refractivity (Wildman–Crippen MR) is 132 cm³/mol. The fourth-order valence-corrected chi connectivity index (χ4v) is 3.62. The standard InChI is InChI=1S/C28H30N2O4/c29-26(31)19-18-25(30-20-8-7-11-21-9-3-1-4-10-21)28(33)34-27(32)24-16-14-23(15-17-24)22-12-5-2-6-13-22/h1-6,9-10,12-17,25,30H,7-8,11,18-20H2,(H2,29,31)/t25-/m0/s1. The predicted octanol–water partition coefficient (Wildman–Crippen LogP) is 4.28. The van der Waals surface area contributed by atoms with Gasteiger partial charge < -0.3 is 15.8 Å². The van der Waals surface area contributed by atoms with Gasteiger partial charge in [-0.15, -0.1) is 0 Å². The molecule has 3 aromatic rings. The summed E-state index contributed by atoms with van der Waals surface area (Å²) in [4.78, 5) is 36.4. The molecule has 0 unspecified atom stereocenters. The molecule has 0 aliphatic rings. The Labute approximate surface area is 200 Å². The SMILES string of the molecule is NC(=O)CC[C@H](NCCCCc1ccccc1)C(=O)OC(=O)c1ccc(-c2ccccc2)cc1. The minimum absolute atomic E-state index is 0.0245. The van der Waals surface area contributed by atoms with Crippen LogP contribution in [0.1, 0.15) is 41.6 Å². The van der Waals surface area contributed by atoms with Gasteiger partial charge in [0, 0.05) is 6.42 Å². The molecule has 6 nitrogen and oxygen atoms in total. The molecule has 0 radical (unpaired) electrons. The first-order valence-electron chi connectivity index (χ1n) is 11.5. The van der Waals surface area contributed by atoms with Crippen LogP contribution >= 0.6 is 0 Å². The Kier molecular flexibility index (Phi) is 9.55. The van der Waals surface area contributed by atoms with Crippen LogP contribution in [-0.4, -0.2) is 30.4 Å². The molecule has 0 aliphatic heterocycles. The normalized spacial score (nSPS) is 11.5. The van der Waals surface area contributed by atoms with E-state index in [1.165, 1.54) is 5.56 Å². The monoisotopic (exact) mass is 458 g/mol. The van der Waals surface area contributed by atoms with E-state index >= 15 is 0 Å². The van der Waals surface area contributed by atoms with Gasteiger partial charge in [-0.3, -0.25) is 4.79 Å². The summed E-state index contributed by atoms with van der Waals surface area (Å²) < 4.78 is 5.11. The van der Waals surface area contributed by atoms with Crippen LogP contribution in [0.25, 0.3) is 11.1 Å². The molecule has 34 heavy (non-hydrogen) atoms. The largest absolute Gasteiger partial charge is 0.388 e. The van der Waals surface area contributed by atoms with Crippen molar-refractivity contribution < 1.29 is 19.1 Å². The second kappa shape index (κ2) is 13.1. The van der Waals surface area contributed by atoms with Gasteiger partial charge >= 0.3 is 11.9 Å². The van der Waals surface area contributed by atoms with Crippen LogP contribution in [-0.2, 0) is 20.7 Å². The van der Waals surface area contributed by atoms with Gasteiger partial charge in [0.15, 0.2) is 0 Å². The maximum Gasteiger partial charge on any atom is 0.345 e. The quantitative estimate of drug-likeness (QED) is 0.240. The zero-order valence-electron chi connectivity index (χ0n) is 19.1. The molecule has 3 N–H and O–H groups in total. The zero-order valence-corrected chi connectivity index (χ0v) is 19.1. The summed E-state index contributed by atoms with van der Waals surface area (Å²) in [6.07, 6.45) is 2.92. The summed E-state index contributed by atoms with van der Waals surface area (Å²) in [5.74, 6) is -1.94. The first-order chi connectivity index (χ1) is 16.5. The summed E-state index contributed by atoms with van der Waals surface area (Å²) in [5.41, 5.74) is 8.78. The topological polar surface area (TPSA) is 98.5 Å². The maximum atomic E-state index is 12.7. The van der Waals surface area contributed by atoms with E-state index in [4.69, 9.17) is 10.5 Å². The fourth-order valence-electron chi connectivity index (χ4n) is 3.62. The summed E-state index contributed by atoms with van der Waals surface area (Å²) >= 11 is 0. The minimum Gasteiger partial charge on any atom is -0.388 e. The highest BCUT2D eigenvalue weighted by atomic mass is 16.6. The molecule has 3 rings (SSSR count). The van der Waals surface area contributed by atoms with Crippen LogP contribution in [0.4, 0.5) is 0 Å². The number of nitrogens with two attached hydrogens (primary N) is 1. The second-order valence-electron chi connectivity index (χ2n) is 8.11. The highest BCUT2D eigenvalue weighted by Gasteiger charge is 2.23. The van der Waals surface area contributed by atoms with E-state index in [1.54, 1.807) is 12.1 Å². The Morgan fingerprint density at radius 3 is 2.06 bits per heavy atom. The van der Waals surface area contributed by atoms with Gasteiger partial charge in [0.1, 0.15) is 6.04 Å². The Balaban J connectivity index is 1.51. The third-order valence-corrected chi connectivity index (χ3v) is 5.51. The van der Waals surface area contributed by atoms with E-state index in [-0.39, 0.29) is 18.4 Å². The number of hydrogen-bond acceptors (Lipinski definition) is 5. The lowest BCUT2D eigenvalue weighted by Crippen LogP contribution is -2.40. The Morgan fingerprint density at radius 2 is 1.41 bits per heavy atom. The third-order valence-electron chi connectivity index (χ3n) is 5.51. The molecule has 176 valence electrons. The van der Waals surface area contributed by atoms with Crippen molar-refractivity contribution in [2.45, 2.75) is 38.1 Å². The minimum atomic E-state index is -0.781. The molecular weight excluding hydrogens is 428 g/mol. The smallest absolute Gasteiger partial charge is 0.345 e. The van der Waals surface area contributed by atoms with E-state index in [9.17, 15) is 14.4 Å². The van der Waals surface area contributed by atoms with E-state index < -0.39 is 23.9 Å². The molecule has 0 saturated carbocycles. The van der Waals surface area contributed by atoms with Crippen LogP contribution in [0.2, 0.25) is 0 Å². The van der Waals surface area contributed by atoms with Gasteiger partial charge in [0.25, 0.3) is 0 Å². The van der Waals surface area contributed by atoms with Crippen molar-refractivity contribution in [3.05, 3.63) is 96.1 Å². The van der Waals surface area contributed by atoms with Crippen molar-refractivity contribution in [3.63, 3.8) is 0 Å². The number of hydrogen-bond donors (Lipinski definition) is 2. The first kappa shape index (κ1) is 24.9. The van der Waals surface area contributed by atoms with Gasteiger partial charge in [-0.05, 0) is 61.1 Å². The summed E-state index contributed by atoms with van der Waals surface area (Å²) in [6.45, 7) is 0.561. The molecule has 0 fully saturated rings. The van der Waals surface area contributed by atoms with Crippen LogP contribution in [0.3, 0.4) is 0 Å². The molecule has 0 aliphatic carbocycles. The molecule has 0 heterocycles. The molecule has 1 atom stereocenters. The molecule has 1 amide bonds. The van der Waals surface area contributed by atoms with Crippen molar-refractivity contribution in [1.29, 1.82) is 0 Å². The average molecular weight is 459 g/mol. The van der Waals surface area contributed by atoms with Crippen LogP contribution in [0.5, 0.6) is 0 Å². The number of ether oxygens (including phenoxy) is 1. The zero-order chi connectivity index (χ0) is 24.2. The van der Waals surface area contributed by atoms with Crippen molar-refractivity contribution in [1.82, 2.24) is 5.32 Å². The molecule has 0 saturated heterocycles. The van der Waals surface area contributed by atoms with E-state index in [2.05, 4.69) is 17.4 Å². The molecule has 0 bridgehead atoms. The van der Waals surface area contributed by atoms with E-state index in [0.29, 0.717) is 6.54 Å². The Bertz CT molecular complexity index is 1070. The highest BCUT2D eigenvalue weighted by Crippen LogP contribution is 2.19. The number of carbonyl (C=O) groups is 3.